The molecule has 19 heavy (non-hydrogen) atoms. The molecular weight excluding hydrogens is 230 g/mol. The van der Waals surface area contributed by atoms with E-state index < -0.39 is 0 Å². The van der Waals surface area contributed by atoms with Crippen LogP contribution in [0.5, 0.6) is 0 Å². The van der Waals surface area contributed by atoms with Gasteiger partial charge in [-0.3, -0.25) is 4.99 Å². The van der Waals surface area contributed by atoms with Gasteiger partial charge in [-0.05, 0) is 45.8 Å². The van der Waals surface area contributed by atoms with Gasteiger partial charge >= 0.3 is 0 Å². The minimum absolute atomic E-state index is 0.960. The summed E-state index contributed by atoms with van der Waals surface area (Å²) in [7, 11) is 0. The van der Waals surface area contributed by atoms with Gasteiger partial charge in [-0.1, -0.05) is 48.6 Å². The van der Waals surface area contributed by atoms with Crippen LogP contribution in [0, 0.1) is 6.92 Å². The first kappa shape index (κ1) is 15.2. The minimum atomic E-state index is 0.960. The summed E-state index contributed by atoms with van der Waals surface area (Å²) in [6.07, 6.45) is 4.10. The lowest BCUT2D eigenvalue weighted by Crippen LogP contribution is -2.04. The van der Waals surface area contributed by atoms with E-state index >= 15 is 0 Å². The monoisotopic (exact) mass is 253 g/mol. The molecule has 0 fully saturated rings. The summed E-state index contributed by atoms with van der Waals surface area (Å²) in [5.41, 5.74) is 6.52. The van der Waals surface area contributed by atoms with E-state index in [9.17, 15) is 0 Å². The maximum atomic E-state index is 4.67. The van der Waals surface area contributed by atoms with E-state index in [4.69, 9.17) is 0 Å². The number of benzene rings is 1. The summed E-state index contributed by atoms with van der Waals surface area (Å²) >= 11 is 0. The highest BCUT2D eigenvalue weighted by Crippen LogP contribution is 2.21. The molecule has 0 aliphatic heterocycles. The zero-order valence-corrected chi connectivity index (χ0v) is 12.6. The predicted molar refractivity (Wildman–Crippen MR) is 86.5 cm³/mol. The van der Waals surface area contributed by atoms with E-state index in [1.165, 1.54) is 11.1 Å². The molecule has 0 atom stereocenters. The molecule has 0 N–H and O–H groups in total. The van der Waals surface area contributed by atoms with Gasteiger partial charge in [-0.25, -0.2) is 0 Å². The van der Waals surface area contributed by atoms with Gasteiger partial charge in [-0.15, -0.1) is 0 Å². The highest BCUT2D eigenvalue weighted by Gasteiger charge is 2.10. The fourth-order valence-electron chi connectivity index (χ4n) is 1.80. The van der Waals surface area contributed by atoms with E-state index in [0.717, 1.165) is 22.6 Å². The van der Waals surface area contributed by atoms with E-state index in [2.05, 4.69) is 48.8 Å². The maximum Gasteiger partial charge on any atom is 0.0730 e. The average molecular weight is 253 g/mol. The fourth-order valence-corrected chi connectivity index (χ4v) is 1.80. The highest BCUT2D eigenvalue weighted by molar-refractivity contribution is 6.31. The van der Waals surface area contributed by atoms with Crippen LogP contribution in [-0.2, 0) is 0 Å². The molecule has 0 aromatic heterocycles. The van der Waals surface area contributed by atoms with Crippen molar-refractivity contribution in [1.82, 2.24) is 0 Å². The molecule has 1 aromatic carbocycles. The molecule has 0 amide bonds. The van der Waals surface area contributed by atoms with Gasteiger partial charge in [0.25, 0.3) is 0 Å². The molecule has 1 aromatic rings. The molecule has 0 saturated heterocycles. The Morgan fingerprint density at radius 2 is 1.63 bits per heavy atom. The Morgan fingerprint density at radius 1 is 1.05 bits per heavy atom. The largest absolute Gasteiger partial charge is 0.253 e. The van der Waals surface area contributed by atoms with Crippen LogP contribution in [0.25, 0.3) is 5.57 Å². The van der Waals surface area contributed by atoms with E-state index in [1.54, 1.807) is 0 Å². The van der Waals surface area contributed by atoms with Crippen LogP contribution in [0.3, 0.4) is 0 Å². The van der Waals surface area contributed by atoms with Crippen molar-refractivity contribution in [2.75, 3.05) is 0 Å². The third kappa shape index (κ3) is 4.06. The van der Waals surface area contributed by atoms with Crippen LogP contribution in [0.15, 0.2) is 59.3 Å². The standard InChI is InChI=1S/C18H23N/c1-7-15(6)19-18(13(3)4)17(8-2)16-11-9-14(5)10-12-16/h7-12H,3H2,1-2,4-6H3/b15-7-,17-8-,19-18+. The molecule has 0 radical (unpaired) electrons. The Balaban J connectivity index is 3.31. The SMILES string of the molecule is C=C(C)C(=N\C(C)=C/C)/C(=C\C)c1ccc(C)cc1. The third-order valence-corrected chi connectivity index (χ3v) is 3.02. The lowest BCUT2D eigenvalue weighted by molar-refractivity contribution is 1.28. The molecule has 0 aliphatic carbocycles. The second-order valence-corrected chi connectivity index (χ2v) is 4.74. The number of aliphatic imine (C=N–C) groups is 1. The van der Waals surface area contributed by atoms with Crippen LogP contribution in [0.1, 0.15) is 38.8 Å². The molecule has 100 valence electrons. The number of hydrogen-bond acceptors (Lipinski definition) is 1. The number of hydrogen-bond donors (Lipinski definition) is 0. The lowest BCUT2D eigenvalue weighted by Gasteiger charge is -2.12. The molecule has 0 spiro atoms. The van der Waals surface area contributed by atoms with Crippen molar-refractivity contribution in [3.05, 3.63) is 65.4 Å². The number of rotatable bonds is 4. The first-order valence-electron chi connectivity index (χ1n) is 6.60. The minimum Gasteiger partial charge on any atom is -0.253 e. The van der Waals surface area contributed by atoms with Crippen LogP contribution >= 0.6 is 0 Å². The summed E-state index contributed by atoms with van der Waals surface area (Å²) < 4.78 is 0. The number of nitrogens with zero attached hydrogens (tertiary/aromatic N) is 1. The Kier molecular flexibility index (Phi) is 5.50. The average Bonchev–Trinajstić information content (AvgIpc) is 2.39. The van der Waals surface area contributed by atoms with Gasteiger partial charge in [0.05, 0.1) is 5.71 Å². The molecule has 0 heterocycles. The van der Waals surface area contributed by atoms with Gasteiger partial charge < -0.3 is 0 Å². The summed E-state index contributed by atoms with van der Waals surface area (Å²) in [4.78, 5) is 4.67. The van der Waals surface area contributed by atoms with Crippen molar-refractivity contribution in [3.63, 3.8) is 0 Å². The molecule has 1 rings (SSSR count). The van der Waals surface area contributed by atoms with Crippen LogP contribution in [0.2, 0.25) is 0 Å². The smallest absolute Gasteiger partial charge is 0.0730 e. The fraction of sp³-hybridized carbons (Fsp3) is 0.278. The third-order valence-electron chi connectivity index (χ3n) is 3.02. The zero-order chi connectivity index (χ0) is 14.4. The molecule has 1 nitrogen and oxygen atoms in total. The Morgan fingerprint density at radius 3 is 2.05 bits per heavy atom. The van der Waals surface area contributed by atoms with Crippen molar-refractivity contribution >= 4 is 11.3 Å². The Bertz CT molecular complexity index is 540. The molecular formula is C18H23N. The summed E-state index contributed by atoms with van der Waals surface area (Å²) in [5.74, 6) is 0. The number of aryl methyl sites for hydroxylation is 1. The van der Waals surface area contributed by atoms with Crippen LogP contribution < -0.4 is 0 Å². The van der Waals surface area contributed by atoms with Crippen molar-refractivity contribution in [2.45, 2.75) is 34.6 Å². The van der Waals surface area contributed by atoms with Crippen molar-refractivity contribution in [3.8, 4) is 0 Å². The predicted octanol–water partition coefficient (Wildman–Crippen LogP) is 5.34. The normalized spacial score (nSPS) is 13.6. The molecule has 0 saturated carbocycles. The molecule has 0 bridgehead atoms. The Hall–Kier alpha value is -1.89. The van der Waals surface area contributed by atoms with Crippen LogP contribution in [0.4, 0.5) is 0 Å². The van der Waals surface area contributed by atoms with E-state index in [0.29, 0.717) is 0 Å². The van der Waals surface area contributed by atoms with Gasteiger partial charge in [-0.2, -0.15) is 0 Å². The van der Waals surface area contributed by atoms with Crippen molar-refractivity contribution < 1.29 is 0 Å². The van der Waals surface area contributed by atoms with Gasteiger partial charge in [0, 0.05) is 11.3 Å². The van der Waals surface area contributed by atoms with E-state index in [1.807, 2.05) is 33.8 Å². The summed E-state index contributed by atoms with van der Waals surface area (Å²) in [6, 6.07) is 8.51. The summed E-state index contributed by atoms with van der Waals surface area (Å²) in [6.45, 7) is 14.2. The Labute approximate surface area is 117 Å². The van der Waals surface area contributed by atoms with Crippen molar-refractivity contribution in [1.29, 1.82) is 0 Å². The molecule has 0 unspecified atom stereocenters. The molecule has 0 aliphatic rings. The molecule has 1 heteroatoms. The van der Waals surface area contributed by atoms with E-state index in [-0.39, 0.29) is 0 Å². The second-order valence-electron chi connectivity index (χ2n) is 4.74. The second kappa shape index (κ2) is 6.89. The number of allylic oxidation sites excluding steroid dienone is 5. The lowest BCUT2D eigenvalue weighted by atomic mass is 9.96. The first-order valence-corrected chi connectivity index (χ1v) is 6.60. The van der Waals surface area contributed by atoms with Crippen LogP contribution in [-0.4, -0.2) is 5.71 Å². The van der Waals surface area contributed by atoms with Gasteiger partial charge in [0.2, 0.25) is 0 Å². The first-order chi connectivity index (χ1) is 8.99. The quantitative estimate of drug-likeness (QED) is 0.642. The van der Waals surface area contributed by atoms with Gasteiger partial charge in [0.15, 0.2) is 0 Å². The van der Waals surface area contributed by atoms with Crippen molar-refractivity contribution in [2.24, 2.45) is 4.99 Å². The topological polar surface area (TPSA) is 12.4 Å². The van der Waals surface area contributed by atoms with Gasteiger partial charge in [0.1, 0.15) is 0 Å². The maximum absolute atomic E-state index is 4.67. The zero-order valence-electron chi connectivity index (χ0n) is 12.6. The highest BCUT2D eigenvalue weighted by atomic mass is 14.8. The summed E-state index contributed by atoms with van der Waals surface area (Å²) in [5, 5.41) is 0.